The van der Waals surface area contributed by atoms with Crippen LogP contribution in [0.25, 0.3) is 0 Å². The van der Waals surface area contributed by atoms with E-state index in [0.717, 1.165) is 0 Å². The van der Waals surface area contributed by atoms with Crippen LogP contribution in [0.2, 0.25) is 0 Å². The van der Waals surface area contributed by atoms with Crippen LogP contribution in [0.4, 0.5) is 0 Å². The molecule has 0 atom stereocenters. The standard InChI is InChI=1S/Ga.2In.O.2Zn/q3*+3;-2;2*+2. The Bertz CT molecular complexity index is 11.5. The van der Waals surface area contributed by atoms with Gasteiger partial charge in [-0.15, -0.1) is 0 Å². The summed E-state index contributed by atoms with van der Waals surface area (Å²) >= 11 is 0. The van der Waals surface area contributed by atoms with Crippen LogP contribution in [-0.2, 0) is 44.4 Å². The SMILES string of the molecule is [Ga+3].[In+3].[In+3].[O-2].[Zn+2].[Zn+2]. The van der Waals surface area contributed by atoms with Crippen LogP contribution < -0.4 is 0 Å². The van der Waals surface area contributed by atoms with Gasteiger partial charge < -0.3 is 5.48 Å². The van der Waals surface area contributed by atoms with E-state index in [1.807, 2.05) is 0 Å². The molecule has 0 aliphatic heterocycles. The Morgan fingerprint density at radius 1 is 0.667 bits per heavy atom. The Labute approximate surface area is 114 Å². The molecule has 0 fully saturated rings. The van der Waals surface area contributed by atoms with Gasteiger partial charge in [0.1, 0.15) is 0 Å². The summed E-state index contributed by atoms with van der Waals surface area (Å²) in [6.45, 7) is 0. The van der Waals surface area contributed by atoms with E-state index in [2.05, 4.69) is 0 Å². The third-order valence-electron chi connectivity index (χ3n) is 0. The van der Waals surface area contributed by atoms with Crippen molar-refractivity contribution in [1.29, 1.82) is 0 Å². The molecule has 0 saturated heterocycles. The van der Waals surface area contributed by atoms with Gasteiger partial charge in [-0.1, -0.05) is 0 Å². The fourth-order valence-corrected chi connectivity index (χ4v) is 0. The van der Waals surface area contributed by atoms with E-state index in [1.165, 1.54) is 0 Å². The van der Waals surface area contributed by atoms with Gasteiger partial charge in [0, 0.05) is 0 Å². The first-order valence-electron chi connectivity index (χ1n) is 0. The van der Waals surface area contributed by atoms with Crippen molar-refractivity contribution >= 4 is 71.5 Å². The van der Waals surface area contributed by atoms with Crippen molar-refractivity contribution in [3.05, 3.63) is 0 Å². The zero-order valence-corrected chi connectivity index (χ0v) is 18.5. The Balaban J connectivity index is 0. The van der Waals surface area contributed by atoms with Gasteiger partial charge in [0.15, 0.2) is 0 Å². The van der Waals surface area contributed by atoms with E-state index < -0.39 is 0 Å². The van der Waals surface area contributed by atoms with Crippen molar-refractivity contribution < 1.29 is 44.4 Å². The summed E-state index contributed by atoms with van der Waals surface area (Å²) in [5.74, 6) is 0. The number of hydrogen-bond donors (Lipinski definition) is 0. The minimum Gasteiger partial charge on any atom is -2.00 e. The van der Waals surface area contributed by atoms with Gasteiger partial charge >= 0.3 is 110 Å². The average molecular weight is 446 g/mol. The topological polar surface area (TPSA) is 28.5 Å². The summed E-state index contributed by atoms with van der Waals surface area (Å²) in [4.78, 5) is 0. The quantitative estimate of drug-likeness (QED) is 0.416. The van der Waals surface area contributed by atoms with Gasteiger partial charge in [-0.25, -0.2) is 0 Å². The van der Waals surface area contributed by atoms with Gasteiger partial charge in [-0.05, 0) is 0 Å². The van der Waals surface area contributed by atoms with Crippen LogP contribution in [0.15, 0.2) is 0 Å². The van der Waals surface area contributed by atoms with Crippen molar-refractivity contribution in [2.24, 2.45) is 0 Å². The second-order valence-electron chi connectivity index (χ2n) is 0. The maximum absolute atomic E-state index is 0. The normalized spacial score (nSPS) is 0. The first-order chi connectivity index (χ1) is 0. The Hall–Kier alpha value is 3.58. The van der Waals surface area contributed by atoms with Crippen LogP contribution in [0.1, 0.15) is 0 Å². The number of rotatable bonds is 0. The molecular formula is GaIn2OZn2+11. The maximum Gasteiger partial charge on any atom is 3.00 e. The predicted molar refractivity (Wildman–Crippen MR) is 17.9 cm³/mol. The molecular weight excluding hydrogens is 446 g/mol. The zero-order valence-electron chi connectivity index (χ0n) is 3.55. The molecule has 6 heavy (non-hydrogen) atoms. The fourth-order valence-electron chi connectivity index (χ4n) is 0. The number of hydrogen-bond acceptors (Lipinski definition) is 0. The largest absolute Gasteiger partial charge is 3.00 e. The first kappa shape index (κ1) is 55.0. The van der Waals surface area contributed by atoms with Crippen molar-refractivity contribution in [2.45, 2.75) is 0 Å². The smallest absolute Gasteiger partial charge is 2.00 e. The summed E-state index contributed by atoms with van der Waals surface area (Å²) in [6, 6.07) is 0. The molecule has 0 aliphatic rings. The van der Waals surface area contributed by atoms with E-state index in [4.69, 9.17) is 0 Å². The van der Waals surface area contributed by atoms with Crippen molar-refractivity contribution in [1.82, 2.24) is 0 Å². The van der Waals surface area contributed by atoms with Gasteiger partial charge in [0.25, 0.3) is 0 Å². The summed E-state index contributed by atoms with van der Waals surface area (Å²) in [5.41, 5.74) is 0. The predicted octanol–water partition coefficient (Wildman–Crippen LogP) is -1.27. The van der Waals surface area contributed by atoms with Gasteiger partial charge in [-0.3, -0.25) is 0 Å². The Morgan fingerprint density at radius 3 is 0.667 bits per heavy atom. The van der Waals surface area contributed by atoms with Crippen molar-refractivity contribution in [3.63, 3.8) is 0 Å². The molecule has 0 heterocycles. The second-order valence-corrected chi connectivity index (χ2v) is 0. The molecule has 0 bridgehead atoms. The molecule has 0 radical (unpaired) electrons. The Kier molecular flexibility index (Phi) is 352. The molecule has 8 valence electrons. The molecule has 0 amide bonds. The fraction of sp³-hybridized carbons (Fsp3) is 0. The molecule has 0 rings (SSSR count). The van der Waals surface area contributed by atoms with E-state index in [1.54, 1.807) is 0 Å². The molecule has 0 unspecified atom stereocenters. The van der Waals surface area contributed by atoms with E-state index in [9.17, 15) is 0 Å². The van der Waals surface area contributed by atoms with Crippen LogP contribution in [0.5, 0.6) is 0 Å². The third kappa shape index (κ3) is 25.6. The molecule has 0 spiro atoms. The summed E-state index contributed by atoms with van der Waals surface area (Å²) < 4.78 is 0. The summed E-state index contributed by atoms with van der Waals surface area (Å²) in [5, 5.41) is 0. The van der Waals surface area contributed by atoms with Crippen molar-refractivity contribution in [3.8, 4) is 0 Å². The van der Waals surface area contributed by atoms with E-state index in [0.29, 0.717) is 0 Å². The van der Waals surface area contributed by atoms with E-state index in [-0.39, 0.29) is 116 Å². The molecule has 0 aliphatic carbocycles. The molecule has 0 aromatic carbocycles. The van der Waals surface area contributed by atoms with Gasteiger partial charge in [0.05, 0.1) is 0 Å². The molecule has 0 saturated carbocycles. The second kappa shape index (κ2) is 38.4. The monoisotopic (exact) mass is 443 g/mol. The summed E-state index contributed by atoms with van der Waals surface area (Å²) in [7, 11) is 0. The van der Waals surface area contributed by atoms with Gasteiger partial charge in [0.2, 0.25) is 0 Å². The minimum atomic E-state index is 0. The van der Waals surface area contributed by atoms with Crippen LogP contribution >= 0.6 is 0 Å². The van der Waals surface area contributed by atoms with Crippen molar-refractivity contribution in [2.75, 3.05) is 0 Å². The maximum atomic E-state index is 0. The van der Waals surface area contributed by atoms with Crippen LogP contribution in [0, 0.1) is 0 Å². The van der Waals surface area contributed by atoms with Crippen LogP contribution in [0.3, 0.4) is 0 Å². The average Bonchev–Trinajstić information content (AvgIpc) is 0. The van der Waals surface area contributed by atoms with Crippen LogP contribution in [-0.4, -0.2) is 71.5 Å². The summed E-state index contributed by atoms with van der Waals surface area (Å²) in [6.07, 6.45) is 0. The molecule has 0 aromatic heterocycles. The van der Waals surface area contributed by atoms with Gasteiger partial charge in [-0.2, -0.15) is 0 Å². The zero-order chi connectivity index (χ0) is 0. The van der Waals surface area contributed by atoms with E-state index >= 15 is 0 Å². The molecule has 6 heteroatoms. The molecule has 1 nitrogen and oxygen atoms in total. The molecule has 0 N–H and O–H groups in total. The minimum absolute atomic E-state index is 0. The first-order valence-corrected chi connectivity index (χ1v) is 0. The molecule has 0 aromatic rings. The Morgan fingerprint density at radius 2 is 0.667 bits per heavy atom. The third-order valence-corrected chi connectivity index (χ3v) is 0.